The van der Waals surface area contributed by atoms with E-state index in [0.29, 0.717) is 18.2 Å². The summed E-state index contributed by atoms with van der Waals surface area (Å²) in [6.45, 7) is -3.30. The van der Waals surface area contributed by atoms with Crippen molar-refractivity contribution in [2.75, 3.05) is 0 Å². The van der Waals surface area contributed by atoms with Gasteiger partial charge in [-0.2, -0.15) is 35.1 Å². The van der Waals surface area contributed by atoms with Crippen LogP contribution >= 0.6 is 0 Å². The first-order valence-electron chi connectivity index (χ1n) is 6.32. The van der Waals surface area contributed by atoms with Gasteiger partial charge in [0.15, 0.2) is 0 Å². The van der Waals surface area contributed by atoms with Gasteiger partial charge in [-0.25, -0.2) is 0 Å². The molecule has 0 N–H and O–H groups in total. The zero-order valence-corrected chi connectivity index (χ0v) is 11.6. The lowest BCUT2D eigenvalue weighted by Gasteiger charge is -2.15. The van der Waals surface area contributed by atoms with E-state index in [2.05, 4.69) is 4.74 Å². The van der Waals surface area contributed by atoms with Gasteiger partial charge in [-0.3, -0.25) is 0 Å². The fourth-order valence-corrected chi connectivity index (χ4v) is 2.02. The van der Waals surface area contributed by atoms with E-state index in [0.717, 1.165) is 24.3 Å². The molecule has 0 atom stereocenters. The Morgan fingerprint density at radius 1 is 0.750 bits per heavy atom. The van der Waals surface area contributed by atoms with Crippen molar-refractivity contribution in [2.24, 2.45) is 0 Å². The van der Waals surface area contributed by atoms with E-state index >= 15 is 0 Å². The topological polar surface area (TPSA) is 9.23 Å². The molecule has 0 unspecified atom stereocenters. The molecule has 0 aromatic heterocycles. The zero-order valence-electron chi connectivity index (χ0n) is 11.6. The van der Waals surface area contributed by atoms with Crippen LogP contribution in [-0.4, -0.2) is 6.61 Å². The van der Waals surface area contributed by atoms with Gasteiger partial charge in [-0.15, -0.1) is 0 Å². The molecule has 9 heteroatoms. The summed E-state index contributed by atoms with van der Waals surface area (Å²) in [5.41, 5.74) is -2.89. The van der Waals surface area contributed by atoms with Gasteiger partial charge in [0, 0.05) is 0 Å². The Balaban J connectivity index is 2.49. The monoisotopic (exact) mass is 356 g/mol. The molecule has 0 radical (unpaired) electrons. The second-order valence-electron chi connectivity index (χ2n) is 4.66. The van der Waals surface area contributed by atoms with Crippen LogP contribution in [0, 0.1) is 0 Å². The summed E-state index contributed by atoms with van der Waals surface area (Å²) >= 11 is 0. The van der Waals surface area contributed by atoms with Crippen LogP contribution in [0.5, 0.6) is 5.75 Å². The fourth-order valence-electron chi connectivity index (χ4n) is 2.02. The molecular weight excluding hydrogens is 348 g/mol. The van der Waals surface area contributed by atoms with Gasteiger partial charge < -0.3 is 4.74 Å². The van der Waals surface area contributed by atoms with Gasteiger partial charge in [0.05, 0.1) is 11.1 Å². The summed E-state index contributed by atoms with van der Waals surface area (Å²) in [6, 6.07) is 5.15. The maximum atomic E-state index is 13.1. The first-order valence-corrected chi connectivity index (χ1v) is 6.32. The molecule has 0 bridgehead atoms. The number of rotatable bonds is 3. The molecule has 2 aromatic carbocycles. The van der Waals surface area contributed by atoms with Crippen molar-refractivity contribution in [3.05, 3.63) is 53.6 Å². The van der Waals surface area contributed by atoms with Crippen LogP contribution in [0.4, 0.5) is 35.1 Å². The first-order chi connectivity index (χ1) is 11.0. The van der Waals surface area contributed by atoms with E-state index < -0.39 is 41.4 Å². The summed E-state index contributed by atoms with van der Waals surface area (Å²) in [7, 11) is 0. The predicted octanol–water partition coefficient (Wildman–Crippen LogP) is 5.99. The van der Waals surface area contributed by atoms with Crippen LogP contribution in [0.2, 0.25) is 0 Å². The van der Waals surface area contributed by atoms with E-state index in [9.17, 15) is 35.1 Å². The minimum atomic E-state index is -4.90. The quantitative estimate of drug-likeness (QED) is 0.614. The number of alkyl halides is 8. The van der Waals surface area contributed by atoms with Gasteiger partial charge in [-0.1, -0.05) is 18.2 Å². The van der Waals surface area contributed by atoms with Crippen molar-refractivity contribution >= 4 is 0 Å². The van der Waals surface area contributed by atoms with Crippen molar-refractivity contribution in [1.82, 2.24) is 0 Å². The largest absolute Gasteiger partial charge is 0.435 e. The average molecular weight is 356 g/mol. The maximum Gasteiger partial charge on any atom is 0.417 e. The Morgan fingerprint density at radius 3 is 1.79 bits per heavy atom. The van der Waals surface area contributed by atoms with Crippen LogP contribution in [-0.2, 0) is 12.4 Å². The number of ether oxygens (including phenoxy) is 1. The van der Waals surface area contributed by atoms with Crippen LogP contribution in [0.25, 0.3) is 11.1 Å². The summed E-state index contributed by atoms with van der Waals surface area (Å²) in [5.74, 6) is -0.701. The molecule has 0 saturated carbocycles. The Hall–Kier alpha value is -2.32. The standard InChI is InChI=1S/C15H8F8O/c16-13(17)24-10-5-6-11(12(7-10)15(21,22)23)8-1-3-9(4-2-8)14(18,19)20/h1-7,13H. The molecule has 0 aliphatic carbocycles. The summed E-state index contributed by atoms with van der Waals surface area (Å²) < 4.78 is 105. The number of hydrogen-bond acceptors (Lipinski definition) is 1. The maximum absolute atomic E-state index is 13.1. The van der Waals surface area contributed by atoms with Crippen molar-refractivity contribution in [1.29, 1.82) is 0 Å². The predicted molar refractivity (Wildman–Crippen MR) is 68.5 cm³/mol. The molecule has 2 rings (SSSR count). The van der Waals surface area contributed by atoms with Crippen LogP contribution in [0.15, 0.2) is 42.5 Å². The van der Waals surface area contributed by atoms with E-state index in [1.807, 2.05) is 0 Å². The summed E-state index contributed by atoms with van der Waals surface area (Å²) in [5, 5.41) is 0. The molecule has 0 aliphatic rings. The summed E-state index contributed by atoms with van der Waals surface area (Å²) in [4.78, 5) is 0. The number of hydrogen-bond donors (Lipinski definition) is 0. The van der Waals surface area contributed by atoms with Crippen molar-refractivity contribution in [2.45, 2.75) is 19.0 Å². The van der Waals surface area contributed by atoms with Gasteiger partial charge >= 0.3 is 19.0 Å². The normalized spacial score (nSPS) is 12.5. The van der Waals surface area contributed by atoms with E-state index in [-0.39, 0.29) is 5.56 Å². The Kier molecular flexibility index (Phi) is 4.73. The van der Waals surface area contributed by atoms with E-state index in [4.69, 9.17) is 0 Å². The number of halogens is 8. The first kappa shape index (κ1) is 18.0. The highest BCUT2D eigenvalue weighted by molar-refractivity contribution is 5.69. The third kappa shape index (κ3) is 4.15. The molecule has 0 spiro atoms. The molecule has 0 aliphatic heterocycles. The summed E-state index contributed by atoms with van der Waals surface area (Å²) in [6.07, 6.45) is -9.53. The van der Waals surface area contributed by atoms with Crippen molar-refractivity contribution in [3.63, 3.8) is 0 Å². The smallest absolute Gasteiger partial charge is 0.417 e. The lowest BCUT2D eigenvalue weighted by molar-refractivity contribution is -0.138. The zero-order chi connectivity index (χ0) is 18.1. The molecule has 0 saturated heterocycles. The van der Waals surface area contributed by atoms with Gasteiger partial charge in [0.1, 0.15) is 5.75 Å². The van der Waals surface area contributed by atoms with Crippen molar-refractivity contribution in [3.8, 4) is 16.9 Å². The molecule has 1 nitrogen and oxygen atoms in total. The molecular formula is C15H8F8O. The van der Waals surface area contributed by atoms with Gasteiger partial charge in [-0.05, 0) is 35.4 Å². The minimum Gasteiger partial charge on any atom is -0.435 e. The third-order valence-corrected chi connectivity index (χ3v) is 3.04. The Morgan fingerprint density at radius 2 is 1.33 bits per heavy atom. The molecule has 130 valence electrons. The second-order valence-corrected chi connectivity index (χ2v) is 4.66. The SMILES string of the molecule is FC(F)Oc1ccc(-c2ccc(C(F)(F)F)cc2)c(C(F)(F)F)c1. The fraction of sp³-hybridized carbons (Fsp3) is 0.200. The molecule has 0 fully saturated rings. The van der Waals surface area contributed by atoms with Crippen LogP contribution in [0.3, 0.4) is 0 Å². The highest BCUT2D eigenvalue weighted by Gasteiger charge is 2.35. The molecule has 24 heavy (non-hydrogen) atoms. The average Bonchev–Trinajstić information content (AvgIpc) is 2.45. The minimum absolute atomic E-state index is 0.140. The van der Waals surface area contributed by atoms with E-state index in [1.54, 1.807) is 0 Å². The van der Waals surface area contributed by atoms with E-state index in [1.165, 1.54) is 0 Å². The second kappa shape index (κ2) is 6.29. The lowest BCUT2D eigenvalue weighted by atomic mass is 9.98. The third-order valence-electron chi connectivity index (χ3n) is 3.04. The Labute approximate surface area is 130 Å². The van der Waals surface area contributed by atoms with Gasteiger partial charge in [0.2, 0.25) is 0 Å². The Bertz CT molecular complexity index is 701. The lowest BCUT2D eigenvalue weighted by Crippen LogP contribution is -2.09. The number of benzene rings is 2. The highest BCUT2D eigenvalue weighted by atomic mass is 19.4. The van der Waals surface area contributed by atoms with Crippen LogP contribution < -0.4 is 4.74 Å². The molecule has 2 aromatic rings. The molecule has 0 amide bonds. The van der Waals surface area contributed by atoms with Crippen molar-refractivity contribution < 1.29 is 39.9 Å². The highest BCUT2D eigenvalue weighted by Crippen LogP contribution is 2.40. The molecule has 0 heterocycles. The van der Waals surface area contributed by atoms with Crippen LogP contribution in [0.1, 0.15) is 11.1 Å². The van der Waals surface area contributed by atoms with Gasteiger partial charge in [0.25, 0.3) is 0 Å².